The summed E-state index contributed by atoms with van der Waals surface area (Å²) in [6.45, 7) is 4.42. The lowest BCUT2D eigenvalue weighted by Crippen LogP contribution is -2.26. The van der Waals surface area contributed by atoms with Crippen LogP contribution < -0.4 is 10.1 Å². The molecule has 0 aliphatic carbocycles. The van der Waals surface area contributed by atoms with Gasteiger partial charge in [0.15, 0.2) is 9.84 Å². The second-order valence-corrected chi connectivity index (χ2v) is 6.86. The Bertz CT molecular complexity index is 468. The first-order valence-electron chi connectivity index (χ1n) is 6.62. The van der Waals surface area contributed by atoms with Crippen molar-refractivity contribution in [2.75, 3.05) is 25.2 Å². The summed E-state index contributed by atoms with van der Waals surface area (Å²) in [5, 5.41) is 3.05. The lowest BCUT2D eigenvalue weighted by Gasteiger charge is -2.16. The Kier molecular flexibility index (Phi) is 6.31. The summed E-state index contributed by atoms with van der Waals surface area (Å²) >= 11 is 0. The molecule has 1 N–H and O–H groups in total. The first-order valence-corrected chi connectivity index (χ1v) is 8.45. The molecule has 1 aromatic rings. The summed E-state index contributed by atoms with van der Waals surface area (Å²) in [6.07, 6.45) is 0.968. The van der Waals surface area contributed by atoms with Crippen molar-refractivity contribution in [1.29, 1.82) is 0 Å². The van der Waals surface area contributed by atoms with Gasteiger partial charge in [0.25, 0.3) is 0 Å². The average Bonchev–Trinajstić information content (AvgIpc) is 2.43. The van der Waals surface area contributed by atoms with Crippen LogP contribution in [0.2, 0.25) is 0 Å². The van der Waals surface area contributed by atoms with Crippen molar-refractivity contribution in [2.45, 2.75) is 26.3 Å². The minimum atomic E-state index is -3.00. The second kappa shape index (κ2) is 7.50. The van der Waals surface area contributed by atoms with Crippen LogP contribution in [-0.4, -0.2) is 33.6 Å². The van der Waals surface area contributed by atoms with Crippen LogP contribution in [0.25, 0.3) is 0 Å². The molecule has 0 spiro atoms. The summed E-state index contributed by atoms with van der Waals surface area (Å²) in [6, 6.07) is 7.42. The first-order chi connectivity index (χ1) is 9.02. The van der Waals surface area contributed by atoms with Gasteiger partial charge in [-0.15, -0.1) is 0 Å². The molecule has 0 fully saturated rings. The molecule has 0 heterocycles. The predicted molar refractivity (Wildman–Crippen MR) is 78.4 cm³/mol. The van der Waals surface area contributed by atoms with E-state index in [0.29, 0.717) is 6.61 Å². The van der Waals surface area contributed by atoms with Crippen LogP contribution >= 0.6 is 0 Å². The monoisotopic (exact) mass is 285 g/mol. The third kappa shape index (κ3) is 5.20. The van der Waals surface area contributed by atoms with E-state index >= 15 is 0 Å². The molecule has 0 amide bonds. The minimum absolute atomic E-state index is 0.120. The van der Waals surface area contributed by atoms with Crippen molar-refractivity contribution < 1.29 is 13.2 Å². The number of nitrogens with one attached hydrogen (secondary N) is 1. The number of hydrogen-bond acceptors (Lipinski definition) is 4. The molecule has 0 radical (unpaired) electrons. The van der Waals surface area contributed by atoms with E-state index in [0.717, 1.165) is 17.7 Å². The number of ether oxygens (including phenoxy) is 1. The highest BCUT2D eigenvalue weighted by molar-refractivity contribution is 7.91. The molecule has 1 rings (SSSR count). The van der Waals surface area contributed by atoms with Crippen LogP contribution in [0.15, 0.2) is 24.3 Å². The van der Waals surface area contributed by atoms with E-state index < -0.39 is 9.84 Å². The summed E-state index contributed by atoms with van der Waals surface area (Å²) in [5.41, 5.74) is 0.961. The van der Waals surface area contributed by atoms with E-state index in [2.05, 4.69) is 12.2 Å². The van der Waals surface area contributed by atoms with Gasteiger partial charge in [-0.3, -0.25) is 0 Å². The molecule has 1 atom stereocenters. The van der Waals surface area contributed by atoms with Crippen LogP contribution in [0.4, 0.5) is 0 Å². The van der Waals surface area contributed by atoms with E-state index in [9.17, 15) is 8.42 Å². The summed E-state index contributed by atoms with van der Waals surface area (Å²) < 4.78 is 28.9. The number of sulfone groups is 1. The number of hydrogen-bond donors (Lipinski definition) is 1. The van der Waals surface area contributed by atoms with Crippen LogP contribution in [0.1, 0.15) is 31.9 Å². The van der Waals surface area contributed by atoms with Crippen molar-refractivity contribution in [2.24, 2.45) is 0 Å². The van der Waals surface area contributed by atoms with Crippen LogP contribution in [0.5, 0.6) is 5.75 Å². The molecule has 5 heteroatoms. The largest absolute Gasteiger partial charge is 0.494 e. The highest BCUT2D eigenvalue weighted by atomic mass is 32.2. The molecule has 0 saturated carbocycles. The maximum Gasteiger partial charge on any atom is 0.151 e. The standard InChI is InChI=1S/C14H23NO3S/c1-4-10-18-13-8-6-12(7-9-13)14(15-3)11-19(16,17)5-2/h6-9,14-15H,4-5,10-11H2,1-3H3. The quantitative estimate of drug-likeness (QED) is 0.795. The Hall–Kier alpha value is -1.07. The van der Waals surface area contributed by atoms with E-state index in [1.165, 1.54) is 0 Å². The zero-order chi connectivity index (χ0) is 14.3. The molecule has 1 aromatic carbocycles. The predicted octanol–water partition coefficient (Wildman–Crippen LogP) is 2.17. The zero-order valence-electron chi connectivity index (χ0n) is 11.8. The van der Waals surface area contributed by atoms with Gasteiger partial charge in [0.05, 0.1) is 12.4 Å². The van der Waals surface area contributed by atoms with E-state index in [4.69, 9.17) is 4.74 Å². The summed E-state index contributed by atoms with van der Waals surface area (Å²) in [5.74, 6) is 1.11. The molecule has 0 aliphatic heterocycles. The van der Waals surface area contributed by atoms with Gasteiger partial charge in [0.2, 0.25) is 0 Å². The van der Waals surface area contributed by atoms with Gasteiger partial charge in [-0.2, -0.15) is 0 Å². The molecule has 0 aromatic heterocycles. The molecule has 19 heavy (non-hydrogen) atoms. The average molecular weight is 285 g/mol. The van der Waals surface area contributed by atoms with Crippen molar-refractivity contribution >= 4 is 9.84 Å². The Morgan fingerprint density at radius 3 is 2.32 bits per heavy atom. The normalized spacial score (nSPS) is 13.2. The number of rotatable bonds is 8. The van der Waals surface area contributed by atoms with Gasteiger partial charge < -0.3 is 10.1 Å². The lowest BCUT2D eigenvalue weighted by atomic mass is 10.1. The summed E-state index contributed by atoms with van der Waals surface area (Å²) in [7, 11) is -1.22. The molecular weight excluding hydrogens is 262 g/mol. The van der Waals surface area contributed by atoms with Gasteiger partial charge in [-0.1, -0.05) is 26.0 Å². The first kappa shape index (κ1) is 16.0. The zero-order valence-corrected chi connectivity index (χ0v) is 12.7. The SMILES string of the molecule is CCCOc1ccc(C(CS(=O)(=O)CC)NC)cc1. The van der Waals surface area contributed by atoms with E-state index in [-0.39, 0.29) is 17.5 Å². The Labute approximate surface area is 116 Å². The second-order valence-electron chi connectivity index (χ2n) is 4.46. The van der Waals surface area contributed by atoms with Gasteiger partial charge in [-0.05, 0) is 31.2 Å². The molecule has 0 bridgehead atoms. The smallest absolute Gasteiger partial charge is 0.151 e. The highest BCUT2D eigenvalue weighted by Gasteiger charge is 2.17. The van der Waals surface area contributed by atoms with Crippen LogP contribution in [0.3, 0.4) is 0 Å². The fourth-order valence-electron chi connectivity index (χ4n) is 1.73. The molecule has 1 unspecified atom stereocenters. The van der Waals surface area contributed by atoms with Gasteiger partial charge in [-0.25, -0.2) is 8.42 Å². The molecule has 0 saturated heterocycles. The van der Waals surface area contributed by atoms with Crippen LogP contribution in [-0.2, 0) is 9.84 Å². The van der Waals surface area contributed by atoms with E-state index in [1.54, 1.807) is 14.0 Å². The fraction of sp³-hybridized carbons (Fsp3) is 0.571. The van der Waals surface area contributed by atoms with Crippen molar-refractivity contribution in [3.05, 3.63) is 29.8 Å². The third-order valence-corrected chi connectivity index (χ3v) is 4.69. The fourth-order valence-corrected chi connectivity index (χ4v) is 2.84. The highest BCUT2D eigenvalue weighted by Crippen LogP contribution is 2.19. The Morgan fingerprint density at radius 1 is 1.21 bits per heavy atom. The van der Waals surface area contributed by atoms with Crippen LogP contribution in [0, 0.1) is 0 Å². The van der Waals surface area contributed by atoms with E-state index in [1.807, 2.05) is 24.3 Å². The molecule has 0 aliphatic rings. The van der Waals surface area contributed by atoms with Crippen molar-refractivity contribution in [3.8, 4) is 5.75 Å². The lowest BCUT2D eigenvalue weighted by molar-refractivity contribution is 0.317. The minimum Gasteiger partial charge on any atom is -0.494 e. The van der Waals surface area contributed by atoms with Crippen molar-refractivity contribution in [3.63, 3.8) is 0 Å². The van der Waals surface area contributed by atoms with Gasteiger partial charge in [0, 0.05) is 11.8 Å². The Balaban J connectivity index is 2.76. The molecular formula is C14H23NO3S. The van der Waals surface area contributed by atoms with Crippen molar-refractivity contribution in [1.82, 2.24) is 5.32 Å². The maximum absolute atomic E-state index is 11.7. The number of benzene rings is 1. The topological polar surface area (TPSA) is 55.4 Å². The van der Waals surface area contributed by atoms with Gasteiger partial charge >= 0.3 is 0 Å². The molecule has 108 valence electrons. The summed E-state index contributed by atoms with van der Waals surface area (Å²) in [4.78, 5) is 0. The van der Waals surface area contributed by atoms with Gasteiger partial charge in [0.1, 0.15) is 5.75 Å². The molecule has 4 nitrogen and oxygen atoms in total. The third-order valence-electron chi connectivity index (χ3n) is 2.96. The Morgan fingerprint density at radius 2 is 1.84 bits per heavy atom. The maximum atomic E-state index is 11.7.